The molecule has 1 unspecified atom stereocenters. The molecular weight excluding hydrogens is 533 g/mol. The minimum absolute atomic E-state index is 0.347. The average Bonchev–Trinajstić information content (AvgIpc) is 3.38. The monoisotopic (exact) mass is 590 g/mol. The Morgan fingerprint density at radius 2 is 0.674 bits per heavy atom. The van der Waals surface area contributed by atoms with Crippen molar-refractivity contribution in [3.63, 3.8) is 0 Å². The quantitative estimate of drug-likeness (QED) is 0.163. The average molecular weight is 591 g/mol. The molecule has 0 N–H and O–H groups in total. The molecule has 0 saturated heterocycles. The fraction of sp³-hybridized carbons (Fsp3) is 0.476. The lowest BCUT2D eigenvalue weighted by Gasteiger charge is -2.40. The van der Waals surface area contributed by atoms with E-state index in [1.165, 1.54) is 39.0 Å². The molecule has 3 aromatic rings. The molecule has 0 aromatic heterocycles. The smallest absolute Gasteiger partial charge is 0.0791 e. The molecule has 0 spiro atoms. The van der Waals surface area contributed by atoms with E-state index in [0.29, 0.717) is 41.0 Å². The van der Waals surface area contributed by atoms with Crippen molar-refractivity contribution < 1.29 is 0 Å². The van der Waals surface area contributed by atoms with Crippen LogP contribution in [0.2, 0.25) is 5.54 Å². The molecule has 0 fully saturated rings. The van der Waals surface area contributed by atoms with Gasteiger partial charge in [0.15, 0.2) is 8.07 Å². The fourth-order valence-corrected chi connectivity index (χ4v) is 12.1. The van der Waals surface area contributed by atoms with E-state index in [1.807, 2.05) is 0 Å². The summed E-state index contributed by atoms with van der Waals surface area (Å²) in [5.74, 6) is 2.84. The van der Waals surface area contributed by atoms with Crippen molar-refractivity contribution in [1.82, 2.24) is 0 Å². The van der Waals surface area contributed by atoms with Gasteiger partial charge in [0.05, 0.1) is 0 Å². The second-order valence-corrected chi connectivity index (χ2v) is 19.2. The normalized spacial score (nSPS) is 15.7. The van der Waals surface area contributed by atoms with Gasteiger partial charge >= 0.3 is 0 Å². The predicted octanol–water partition coefficient (Wildman–Crippen LogP) is 10.8. The molecule has 1 aliphatic rings. The first-order chi connectivity index (χ1) is 20.1. The standard InChI is InChI=1S/C42H58Si/c1-26(2)33-17-34(27(3)4)21-40(20-33)43(39-15-14-32(13)16-39,41-22-35(28(5)6)18-36(23-41)29(7)8)42-24-37(30(9)10)19-38(25-42)31(11)12/h14-31,39H,1-13H3. The van der Waals surface area contributed by atoms with E-state index < -0.39 is 8.07 Å². The van der Waals surface area contributed by atoms with E-state index >= 15 is 0 Å². The highest BCUT2D eigenvalue weighted by Crippen LogP contribution is 2.36. The maximum absolute atomic E-state index is 2.66. The summed E-state index contributed by atoms with van der Waals surface area (Å²) in [4.78, 5) is 0. The van der Waals surface area contributed by atoms with Crippen molar-refractivity contribution in [3.8, 4) is 0 Å². The Hall–Kier alpha value is -2.64. The van der Waals surface area contributed by atoms with Gasteiger partial charge in [-0.15, -0.1) is 0 Å². The van der Waals surface area contributed by atoms with Crippen molar-refractivity contribution in [2.24, 2.45) is 0 Å². The molecule has 3 aromatic carbocycles. The van der Waals surface area contributed by atoms with Crippen LogP contribution < -0.4 is 15.6 Å². The van der Waals surface area contributed by atoms with Crippen LogP contribution in [0.3, 0.4) is 0 Å². The van der Waals surface area contributed by atoms with Gasteiger partial charge in [0.1, 0.15) is 0 Å². The third kappa shape index (κ3) is 6.73. The Morgan fingerprint density at radius 3 is 0.860 bits per heavy atom. The molecule has 0 aliphatic heterocycles. The minimum Gasteiger partial charge on any atom is -0.0791 e. The Morgan fingerprint density at radius 1 is 0.419 bits per heavy atom. The first-order valence-electron chi connectivity index (χ1n) is 17.0. The molecule has 43 heavy (non-hydrogen) atoms. The zero-order chi connectivity index (χ0) is 31.8. The number of allylic oxidation sites excluding steroid dienone is 4. The van der Waals surface area contributed by atoms with Crippen molar-refractivity contribution >= 4 is 23.6 Å². The van der Waals surface area contributed by atoms with E-state index in [9.17, 15) is 0 Å². The van der Waals surface area contributed by atoms with Gasteiger partial charge in [0, 0.05) is 5.54 Å². The zero-order valence-corrected chi connectivity index (χ0v) is 30.5. The van der Waals surface area contributed by atoms with Gasteiger partial charge in [-0.05, 0) is 91.4 Å². The summed E-state index contributed by atoms with van der Waals surface area (Å²) in [6, 6.07) is 23.2. The zero-order valence-electron chi connectivity index (χ0n) is 29.5. The van der Waals surface area contributed by atoms with Crippen LogP contribution in [-0.4, -0.2) is 8.07 Å². The summed E-state index contributed by atoms with van der Waals surface area (Å²) in [7, 11) is -2.66. The second-order valence-electron chi connectivity index (χ2n) is 15.2. The van der Waals surface area contributed by atoms with E-state index in [0.717, 1.165) is 0 Å². The lowest BCUT2D eigenvalue weighted by molar-refractivity contribution is 0.834. The maximum atomic E-state index is 2.62. The van der Waals surface area contributed by atoms with Gasteiger partial charge in [0.2, 0.25) is 0 Å². The van der Waals surface area contributed by atoms with Crippen LogP contribution in [0, 0.1) is 0 Å². The Kier molecular flexibility index (Phi) is 10.2. The first-order valence-corrected chi connectivity index (χ1v) is 19.0. The molecule has 0 radical (unpaired) electrons. The topological polar surface area (TPSA) is 0 Å². The van der Waals surface area contributed by atoms with Crippen LogP contribution in [0.5, 0.6) is 0 Å². The Bertz CT molecular complexity index is 1260. The van der Waals surface area contributed by atoms with Crippen LogP contribution in [0.1, 0.15) is 159 Å². The number of hydrogen-bond acceptors (Lipinski definition) is 0. The van der Waals surface area contributed by atoms with Crippen LogP contribution in [0.4, 0.5) is 0 Å². The third-order valence-electron chi connectivity index (χ3n) is 9.81. The lowest BCUT2D eigenvalue weighted by atomic mass is 9.95. The summed E-state index contributed by atoms with van der Waals surface area (Å²) in [5, 5.41) is 4.69. The van der Waals surface area contributed by atoms with Crippen molar-refractivity contribution in [2.45, 2.75) is 131 Å². The highest BCUT2D eigenvalue weighted by molar-refractivity contribution is 7.13. The molecule has 0 saturated carbocycles. The minimum atomic E-state index is -2.66. The summed E-state index contributed by atoms with van der Waals surface area (Å²) >= 11 is 0. The first kappa shape index (κ1) is 33.3. The SMILES string of the molecule is CC1=CC([Si](c2cc(C(C)C)cc(C(C)C)c2)(c2cc(C(C)C)cc(C(C)C)c2)c2cc(C(C)C)cc(C(C)C)c2)C=C1. The molecule has 0 amide bonds. The summed E-state index contributed by atoms with van der Waals surface area (Å²) < 4.78 is 0. The van der Waals surface area contributed by atoms with Crippen molar-refractivity contribution in [1.29, 1.82) is 0 Å². The maximum Gasteiger partial charge on any atom is 0.158 e. The highest BCUT2D eigenvalue weighted by Gasteiger charge is 2.47. The summed E-state index contributed by atoms with van der Waals surface area (Å²) in [6.45, 7) is 30.6. The second kappa shape index (κ2) is 13.2. The van der Waals surface area contributed by atoms with E-state index in [2.05, 4.69) is 163 Å². The number of rotatable bonds is 10. The van der Waals surface area contributed by atoms with E-state index in [4.69, 9.17) is 0 Å². The van der Waals surface area contributed by atoms with E-state index in [1.54, 1.807) is 15.6 Å². The molecule has 1 aliphatic carbocycles. The van der Waals surface area contributed by atoms with Crippen LogP contribution in [0.15, 0.2) is 78.4 Å². The lowest BCUT2D eigenvalue weighted by Crippen LogP contribution is -2.69. The van der Waals surface area contributed by atoms with Crippen LogP contribution in [0.25, 0.3) is 0 Å². The fourth-order valence-electron chi connectivity index (χ4n) is 6.71. The van der Waals surface area contributed by atoms with Gasteiger partial charge in [-0.1, -0.05) is 161 Å². The van der Waals surface area contributed by atoms with Crippen molar-refractivity contribution in [3.05, 3.63) is 112 Å². The molecule has 0 heterocycles. The number of hydrogen-bond donors (Lipinski definition) is 0. The number of benzene rings is 3. The molecule has 230 valence electrons. The van der Waals surface area contributed by atoms with Gasteiger partial charge < -0.3 is 0 Å². The van der Waals surface area contributed by atoms with E-state index in [-0.39, 0.29) is 0 Å². The summed E-state index contributed by atoms with van der Waals surface area (Å²) in [6.07, 6.45) is 7.53. The Labute approximate surface area is 265 Å². The van der Waals surface area contributed by atoms with Gasteiger partial charge in [-0.25, -0.2) is 0 Å². The molecule has 4 rings (SSSR count). The molecule has 1 heteroatoms. The van der Waals surface area contributed by atoms with Gasteiger partial charge in [-0.2, -0.15) is 0 Å². The van der Waals surface area contributed by atoms with Crippen molar-refractivity contribution in [2.75, 3.05) is 0 Å². The highest BCUT2D eigenvalue weighted by atomic mass is 28.3. The third-order valence-corrected chi connectivity index (χ3v) is 14.8. The molecule has 0 nitrogen and oxygen atoms in total. The summed E-state index contributed by atoms with van der Waals surface area (Å²) in [5.41, 5.74) is 10.5. The largest absolute Gasteiger partial charge is 0.158 e. The van der Waals surface area contributed by atoms with Gasteiger partial charge in [0.25, 0.3) is 0 Å². The predicted molar refractivity (Wildman–Crippen MR) is 195 cm³/mol. The molecular formula is C42H58Si. The molecule has 0 bridgehead atoms. The molecule has 1 atom stereocenters. The Balaban J connectivity index is 2.31. The van der Waals surface area contributed by atoms with Gasteiger partial charge in [-0.3, -0.25) is 0 Å². The van der Waals surface area contributed by atoms with Crippen LogP contribution in [-0.2, 0) is 0 Å². The van der Waals surface area contributed by atoms with Crippen LogP contribution >= 0.6 is 0 Å².